The van der Waals surface area contributed by atoms with Crippen LogP contribution < -0.4 is 25.5 Å². The fourth-order valence-corrected chi connectivity index (χ4v) is 2.43. The Morgan fingerprint density at radius 2 is 1.75 bits per heavy atom. The number of hydrazone groups is 1. The molecule has 9 heteroatoms. The molecule has 0 spiro atoms. The van der Waals surface area contributed by atoms with Gasteiger partial charge in [0.1, 0.15) is 11.5 Å². The van der Waals surface area contributed by atoms with Gasteiger partial charge in [-0.2, -0.15) is 5.10 Å². The topological polar surface area (TPSA) is 118 Å². The zero-order valence-corrected chi connectivity index (χ0v) is 18.4. The molecule has 0 aliphatic rings. The van der Waals surface area contributed by atoms with Crippen molar-refractivity contribution in [2.24, 2.45) is 11.0 Å². The van der Waals surface area contributed by atoms with Gasteiger partial charge >= 0.3 is 11.8 Å². The van der Waals surface area contributed by atoms with Crippen LogP contribution in [0.2, 0.25) is 0 Å². The van der Waals surface area contributed by atoms with Crippen LogP contribution in [0.5, 0.6) is 11.5 Å². The van der Waals surface area contributed by atoms with Crippen LogP contribution in [0.25, 0.3) is 0 Å². The van der Waals surface area contributed by atoms with Crippen molar-refractivity contribution in [3.63, 3.8) is 0 Å². The van der Waals surface area contributed by atoms with Crippen LogP contribution in [-0.2, 0) is 14.4 Å². The van der Waals surface area contributed by atoms with E-state index in [1.807, 2.05) is 20.8 Å². The van der Waals surface area contributed by atoms with Gasteiger partial charge in [-0.3, -0.25) is 14.4 Å². The molecule has 0 atom stereocenters. The molecule has 0 saturated heterocycles. The lowest BCUT2D eigenvalue weighted by Crippen LogP contribution is -2.39. The van der Waals surface area contributed by atoms with Crippen LogP contribution in [0.1, 0.15) is 26.3 Å². The average molecular weight is 441 g/mol. The van der Waals surface area contributed by atoms with E-state index < -0.39 is 11.8 Å². The molecular formula is C23H28N4O5. The molecule has 0 heterocycles. The first-order valence-corrected chi connectivity index (χ1v) is 10.2. The summed E-state index contributed by atoms with van der Waals surface area (Å²) in [7, 11) is 0. The third-order valence-corrected chi connectivity index (χ3v) is 3.93. The van der Waals surface area contributed by atoms with Gasteiger partial charge in [0.15, 0.2) is 6.61 Å². The number of carbonyl (C=O) groups is 3. The molecule has 3 N–H and O–H groups in total. The predicted octanol–water partition coefficient (Wildman–Crippen LogP) is 2.33. The van der Waals surface area contributed by atoms with Gasteiger partial charge in [-0.1, -0.05) is 26.0 Å². The molecule has 170 valence electrons. The second-order valence-electron chi connectivity index (χ2n) is 7.17. The van der Waals surface area contributed by atoms with Crippen LogP contribution in [-0.4, -0.2) is 43.7 Å². The van der Waals surface area contributed by atoms with E-state index in [1.54, 1.807) is 48.5 Å². The molecule has 2 aromatic rings. The largest absolute Gasteiger partial charge is 0.494 e. The summed E-state index contributed by atoms with van der Waals surface area (Å²) in [6.07, 6.45) is 1.38. The van der Waals surface area contributed by atoms with E-state index in [-0.39, 0.29) is 18.4 Å². The lowest BCUT2D eigenvalue weighted by Gasteiger charge is -2.09. The number of hydrogen-bond donors (Lipinski definition) is 3. The molecule has 0 aromatic heterocycles. The smallest absolute Gasteiger partial charge is 0.329 e. The monoisotopic (exact) mass is 440 g/mol. The summed E-state index contributed by atoms with van der Waals surface area (Å²) >= 11 is 0. The number of rotatable bonds is 10. The van der Waals surface area contributed by atoms with Gasteiger partial charge in [0.05, 0.1) is 12.8 Å². The number of benzene rings is 2. The molecule has 3 amide bonds. The summed E-state index contributed by atoms with van der Waals surface area (Å²) in [5.41, 5.74) is 3.43. The molecule has 2 aromatic carbocycles. The lowest BCUT2D eigenvalue weighted by atomic mass is 10.2. The first kappa shape index (κ1) is 24.4. The highest BCUT2D eigenvalue weighted by atomic mass is 16.5. The fraction of sp³-hybridized carbons (Fsp3) is 0.304. The third-order valence-electron chi connectivity index (χ3n) is 3.93. The SMILES string of the molecule is CCOc1ccc(NC(=O)COc2cccc(/C=N\NC(=O)C(=O)NCC(C)C)c2)cc1. The van der Waals surface area contributed by atoms with Crippen molar-refractivity contribution in [3.8, 4) is 11.5 Å². The number of anilines is 1. The van der Waals surface area contributed by atoms with Crippen molar-refractivity contribution in [1.82, 2.24) is 10.7 Å². The third kappa shape index (κ3) is 8.86. The molecule has 9 nitrogen and oxygen atoms in total. The second kappa shape index (κ2) is 12.7. The first-order chi connectivity index (χ1) is 15.4. The molecule has 0 aliphatic heterocycles. The highest BCUT2D eigenvalue weighted by molar-refractivity contribution is 6.35. The van der Waals surface area contributed by atoms with Crippen LogP contribution in [0.3, 0.4) is 0 Å². The van der Waals surface area contributed by atoms with E-state index >= 15 is 0 Å². The van der Waals surface area contributed by atoms with Gasteiger partial charge in [-0.25, -0.2) is 5.43 Å². The van der Waals surface area contributed by atoms with Crippen LogP contribution in [0.15, 0.2) is 53.6 Å². The summed E-state index contributed by atoms with van der Waals surface area (Å²) < 4.78 is 10.9. The van der Waals surface area contributed by atoms with Crippen molar-refractivity contribution in [2.45, 2.75) is 20.8 Å². The van der Waals surface area contributed by atoms with Crippen molar-refractivity contribution in [3.05, 3.63) is 54.1 Å². The Morgan fingerprint density at radius 3 is 2.44 bits per heavy atom. The first-order valence-electron chi connectivity index (χ1n) is 10.2. The summed E-state index contributed by atoms with van der Waals surface area (Å²) in [5.74, 6) is -0.481. The lowest BCUT2D eigenvalue weighted by molar-refractivity contribution is -0.139. The number of hydrogen-bond acceptors (Lipinski definition) is 6. The summed E-state index contributed by atoms with van der Waals surface area (Å²) in [6, 6.07) is 13.8. The summed E-state index contributed by atoms with van der Waals surface area (Å²) in [5, 5.41) is 9.01. The van der Waals surface area contributed by atoms with Crippen molar-refractivity contribution in [1.29, 1.82) is 0 Å². The average Bonchev–Trinajstić information content (AvgIpc) is 2.77. The number of ether oxygens (including phenoxy) is 2. The Hall–Kier alpha value is -3.88. The van der Waals surface area contributed by atoms with E-state index in [0.29, 0.717) is 30.2 Å². The minimum Gasteiger partial charge on any atom is -0.494 e. The molecule has 2 rings (SSSR count). The van der Waals surface area contributed by atoms with Gasteiger partial charge in [0.25, 0.3) is 5.91 Å². The van der Waals surface area contributed by atoms with Crippen molar-refractivity contribution in [2.75, 3.05) is 25.1 Å². The Bertz CT molecular complexity index is 942. The van der Waals surface area contributed by atoms with Crippen molar-refractivity contribution >= 4 is 29.6 Å². The van der Waals surface area contributed by atoms with Gasteiger partial charge in [-0.15, -0.1) is 0 Å². The van der Waals surface area contributed by atoms with E-state index in [4.69, 9.17) is 9.47 Å². The number of nitrogens with one attached hydrogen (secondary N) is 3. The van der Waals surface area contributed by atoms with E-state index in [0.717, 1.165) is 5.75 Å². The Balaban J connectivity index is 1.80. The number of carbonyl (C=O) groups excluding carboxylic acids is 3. The molecule has 32 heavy (non-hydrogen) atoms. The fourth-order valence-electron chi connectivity index (χ4n) is 2.43. The van der Waals surface area contributed by atoms with Crippen molar-refractivity contribution < 1.29 is 23.9 Å². The van der Waals surface area contributed by atoms with Gasteiger partial charge in [0.2, 0.25) is 0 Å². The number of amides is 3. The molecule has 0 bridgehead atoms. The van der Waals surface area contributed by atoms with E-state index in [1.165, 1.54) is 6.21 Å². The molecule has 0 unspecified atom stereocenters. The summed E-state index contributed by atoms with van der Waals surface area (Å²) in [6.45, 7) is 6.55. The second-order valence-corrected chi connectivity index (χ2v) is 7.17. The maximum absolute atomic E-state index is 12.1. The Kier molecular flexibility index (Phi) is 9.70. The zero-order valence-electron chi connectivity index (χ0n) is 18.4. The highest BCUT2D eigenvalue weighted by Crippen LogP contribution is 2.16. The van der Waals surface area contributed by atoms with E-state index in [9.17, 15) is 14.4 Å². The highest BCUT2D eigenvalue weighted by Gasteiger charge is 2.12. The van der Waals surface area contributed by atoms with Crippen LogP contribution in [0.4, 0.5) is 5.69 Å². The minimum absolute atomic E-state index is 0.180. The van der Waals surface area contributed by atoms with Crippen LogP contribution >= 0.6 is 0 Å². The predicted molar refractivity (Wildman–Crippen MR) is 122 cm³/mol. The van der Waals surface area contributed by atoms with Crippen LogP contribution in [0, 0.1) is 5.92 Å². The standard InChI is InChI=1S/C23H28N4O5/c1-4-31-19-10-8-18(9-11-19)26-21(28)15-32-20-7-5-6-17(12-20)14-25-27-23(30)22(29)24-13-16(2)3/h5-12,14,16H,4,13,15H2,1-3H3,(H,24,29)(H,26,28)(H,27,30)/b25-14-. The van der Waals surface area contributed by atoms with Gasteiger partial charge in [0, 0.05) is 12.2 Å². The minimum atomic E-state index is -0.847. The molecule has 0 aliphatic carbocycles. The Morgan fingerprint density at radius 1 is 1.00 bits per heavy atom. The normalized spacial score (nSPS) is 10.6. The summed E-state index contributed by atoms with van der Waals surface area (Å²) in [4.78, 5) is 35.4. The zero-order chi connectivity index (χ0) is 23.3. The van der Waals surface area contributed by atoms with Gasteiger partial charge < -0.3 is 20.1 Å². The van der Waals surface area contributed by atoms with E-state index in [2.05, 4.69) is 21.2 Å². The molecular weight excluding hydrogens is 412 g/mol. The molecule has 0 fully saturated rings. The number of nitrogens with zero attached hydrogens (tertiary/aromatic N) is 1. The Labute approximate surface area is 187 Å². The van der Waals surface area contributed by atoms with Gasteiger partial charge in [-0.05, 0) is 54.8 Å². The quantitative estimate of drug-likeness (QED) is 0.298. The maximum atomic E-state index is 12.1. The maximum Gasteiger partial charge on any atom is 0.329 e. The molecule has 0 saturated carbocycles. The molecule has 0 radical (unpaired) electrons.